The van der Waals surface area contributed by atoms with Gasteiger partial charge in [0.2, 0.25) is 5.78 Å². The number of rotatable bonds is 1. The number of hydrogen-bond donors (Lipinski definition) is 0. The minimum Gasteiger partial charge on any atom is -0.294 e. The fraction of sp³-hybridized carbons (Fsp3) is 0.154. The van der Waals surface area contributed by atoms with Gasteiger partial charge in [-0.2, -0.15) is 0 Å². The largest absolute Gasteiger partial charge is 0.294 e. The van der Waals surface area contributed by atoms with Gasteiger partial charge in [0.25, 0.3) is 0 Å². The Labute approximate surface area is 97.9 Å². The lowest BCUT2D eigenvalue weighted by molar-refractivity contribution is 0.101. The Morgan fingerprint density at radius 2 is 2.06 bits per heavy atom. The van der Waals surface area contributed by atoms with E-state index in [9.17, 15) is 4.79 Å². The summed E-state index contributed by atoms with van der Waals surface area (Å²) in [7, 11) is 0. The first-order valence-corrected chi connectivity index (χ1v) is 5.42. The van der Waals surface area contributed by atoms with Gasteiger partial charge in [-0.05, 0) is 26.0 Å². The van der Waals surface area contributed by atoms with E-state index in [1.165, 1.54) is 0 Å². The van der Waals surface area contributed by atoms with E-state index in [1.807, 2.05) is 35.6 Å². The molecule has 0 bridgehead atoms. The van der Waals surface area contributed by atoms with E-state index in [0.29, 0.717) is 11.3 Å². The summed E-state index contributed by atoms with van der Waals surface area (Å²) in [4.78, 5) is 20.1. The molecule has 0 saturated carbocycles. The second-order valence-electron chi connectivity index (χ2n) is 4.05. The number of imidazole rings is 1. The van der Waals surface area contributed by atoms with Crippen molar-refractivity contribution in [2.24, 2.45) is 0 Å². The van der Waals surface area contributed by atoms with Gasteiger partial charge in [-0.25, -0.2) is 9.97 Å². The van der Waals surface area contributed by atoms with Gasteiger partial charge in [0, 0.05) is 11.9 Å². The van der Waals surface area contributed by atoms with Crippen LogP contribution in [0.1, 0.15) is 23.0 Å². The fourth-order valence-corrected chi connectivity index (χ4v) is 2.11. The fourth-order valence-electron chi connectivity index (χ4n) is 2.11. The van der Waals surface area contributed by atoms with Gasteiger partial charge in [0.15, 0.2) is 5.78 Å². The van der Waals surface area contributed by atoms with Crippen LogP contribution in [0, 0.1) is 6.92 Å². The first kappa shape index (κ1) is 9.96. The molecule has 0 atom stereocenters. The smallest absolute Gasteiger partial charge is 0.235 e. The van der Waals surface area contributed by atoms with Gasteiger partial charge in [-0.15, -0.1) is 0 Å². The molecule has 0 radical (unpaired) electrons. The van der Waals surface area contributed by atoms with Crippen LogP contribution in [0.25, 0.3) is 16.8 Å². The molecule has 1 aromatic carbocycles. The summed E-state index contributed by atoms with van der Waals surface area (Å²) in [6, 6.07) is 7.82. The Balaban J connectivity index is 2.52. The maximum Gasteiger partial charge on any atom is 0.235 e. The van der Waals surface area contributed by atoms with Crippen molar-refractivity contribution >= 4 is 22.6 Å². The van der Waals surface area contributed by atoms with Crippen LogP contribution in [0.5, 0.6) is 0 Å². The van der Waals surface area contributed by atoms with Crippen molar-refractivity contribution in [1.29, 1.82) is 0 Å². The molecule has 4 heteroatoms. The predicted octanol–water partition coefficient (Wildman–Crippen LogP) is 2.39. The van der Waals surface area contributed by atoms with E-state index in [0.717, 1.165) is 16.7 Å². The lowest BCUT2D eigenvalue weighted by Gasteiger charge is -2.04. The quantitative estimate of drug-likeness (QED) is 0.597. The molecule has 3 rings (SSSR count). The minimum atomic E-state index is 0.0229. The van der Waals surface area contributed by atoms with E-state index in [-0.39, 0.29) is 5.78 Å². The molecule has 0 saturated heterocycles. The number of aryl methyl sites for hydroxylation is 1. The van der Waals surface area contributed by atoms with Gasteiger partial charge in [-0.3, -0.25) is 9.20 Å². The number of fused-ring (bicyclic) bond motifs is 3. The van der Waals surface area contributed by atoms with Gasteiger partial charge in [0.1, 0.15) is 0 Å². The standard InChI is InChI=1S/C13H11N3O/c1-8-10(9(2)17)7-14-13-15-11-5-3-4-6-12(11)16(8)13/h3-7H,1-2H3. The van der Waals surface area contributed by atoms with Crippen molar-refractivity contribution in [3.8, 4) is 0 Å². The molecule has 0 N–H and O–H groups in total. The highest BCUT2D eigenvalue weighted by Crippen LogP contribution is 2.18. The monoisotopic (exact) mass is 225 g/mol. The SMILES string of the molecule is CC(=O)c1cnc2nc3ccccc3n2c1C. The van der Waals surface area contributed by atoms with Crippen molar-refractivity contribution in [2.45, 2.75) is 13.8 Å². The summed E-state index contributed by atoms with van der Waals surface area (Å²) in [5, 5.41) is 0. The van der Waals surface area contributed by atoms with Crippen LogP contribution in [0.4, 0.5) is 0 Å². The zero-order chi connectivity index (χ0) is 12.0. The second kappa shape index (κ2) is 3.38. The summed E-state index contributed by atoms with van der Waals surface area (Å²) < 4.78 is 1.92. The van der Waals surface area contributed by atoms with Gasteiger partial charge >= 0.3 is 0 Å². The summed E-state index contributed by atoms with van der Waals surface area (Å²) >= 11 is 0. The van der Waals surface area contributed by atoms with Crippen LogP contribution in [0.15, 0.2) is 30.5 Å². The highest BCUT2D eigenvalue weighted by molar-refractivity contribution is 5.95. The minimum absolute atomic E-state index is 0.0229. The Morgan fingerprint density at radius 1 is 1.29 bits per heavy atom. The second-order valence-corrected chi connectivity index (χ2v) is 4.05. The highest BCUT2D eigenvalue weighted by atomic mass is 16.1. The third kappa shape index (κ3) is 1.34. The summed E-state index contributed by atoms with van der Waals surface area (Å²) in [5.74, 6) is 0.656. The number of benzene rings is 1. The Morgan fingerprint density at radius 3 is 2.82 bits per heavy atom. The molecule has 0 aliphatic carbocycles. The van der Waals surface area contributed by atoms with Crippen LogP contribution >= 0.6 is 0 Å². The number of Topliss-reactive ketones (excluding diaryl/α,β-unsaturated/α-hetero) is 1. The van der Waals surface area contributed by atoms with Crippen molar-refractivity contribution in [1.82, 2.24) is 14.4 Å². The van der Waals surface area contributed by atoms with Crippen molar-refractivity contribution in [3.05, 3.63) is 41.7 Å². The summed E-state index contributed by atoms with van der Waals surface area (Å²) in [5.41, 5.74) is 3.40. The third-order valence-corrected chi connectivity index (χ3v) is 2.96. The number of nitrogens with zero attached hydrogens (tertiary/aromatic N) is 3. The molecule has 0 fully saturated rings. The van der Waals surface area contributed by atoms with Crippen LogP contribution in [-0.2, 0) is 0 Å². The maximum atomic E-state index is 11.5. The highest BCUT2D eigenvalue weighted by Gasteiger charge is 2.12. The van der Waals surface area contributed by atoms with E-state index in [4.69, 9.17) is 0 Å². The third-order valence-electron chi connectivity index (χ3n) is 2.96. The van der Waals surface area contributed by atoms with E-state index >= 15 is 0 Å². The van der Waals surface area contributed by atoms with E-state index in [1.54, 1.807) is 13.1 Å². The Kier molecular flexibility index (Phi) is 1.98. The maximum absolute atomic E-state index is 11.5. The number of ketones is 1. The lowest BCUT2D eigenvalue weighted by Crippen LogP contribution is -2.04. The zero-order valence-corrected chi connectivity index (χ0v) is 9.64. The van der Waals surface area contributed by atoms with E-state index in [2.05, 4.69) is 9.97 Å². The Bertz CT molecular complexity index is 743. The van der Waals surface area contributed by atoms with Gasteiger partial charge < -0.3 is 0 Å². The molecule has 2 aromatic heterocycles. The molecular weight excluding hydrogens is 214 g/mol. The molecular formula is C13H11N3O. The van der Waals surface area contributed by atoms with Crippen LogP contribution < -0.4 is 0 Å². The van der Waals surface area contributed by atoms with Crippen molar-refractivity contribution in [2.75, 3.05) is 0 Å². The normalized spacial score (nSPS) is 11.2. The summed E-state index contributed by atoms with van der Waals surface area (Å²) in [6.07, 6.45) is 1.60. The molecule has 0 spiro atoms. The predicted molar refractivity (Wildman–Crippen MR) is 65.2 cm³/mol. The number of aromatic nitrogens is 3. The molecule has 0 amide bonds. The van der Waals surface area contributed by atoms with Crippen LogP contribution in [-0.4, -0.2) is 20.2 Å². The number of carbonyl (C=O) groups excluding carboxylic acids is 1. The number of hydrogen-bond acceptors (Lipinski definition) is 3. The zero-order valence-electron chi connectivity index (χ0n) is 9.64. The molecule has 3 aromatic rings. The van der Waals surface area contributed by atoms with Crippen molar-refractivity contribution < 1.29 is 4.79 Å². The Hall–Kier alpha value is -2.23. The molecule has 0 aliphatic rings. The van der Waals surface area contributed by atoms with E-state index < -0.39 is 0 Å². The number of para-hydroxylation sites is 2. The van der Waals surface area contributed by atoms with Gasteiger partial charge in [0.05, 0.1) is 16.6 Å². The average Bonchev–Trinajstić information content (AvgIpc) is 2.67. The average molecular weight is 225 g/mol. The number of carbonyl (C=O) groups is 1. The lowest BCUT2D eigenvalue weighted by atomic mass is 10.2. The molecule has 17 heavy (non-hydrogen) atoms. The first-order valence-electron chi connectivity index (χ1n) is 5.42. The summed E-state index contributed by atoms with van der Waals surface area (Å²) in [6.45, 7) is 3.47. The van der Waals surface area contributed by atoms with Crippen LogP contribution in [0.3, 0.4) is 0 Å². The van der Waals surface area contributed by atoms with Crippen LogP contribution in [0.2, 0.25) is 0 Å². The first-order chi connectivity index (χ1) is 8.18. The molecule has 0 aliphatic heterocycles. The molecule has 4 nitrogen and oxygen atoms in total. The topological polar surface area (TPSA) is 47.3 Å². The van der Waals surface area contributed by atoms with Gasteiger partial charge in [-0.1, -0.05) is 12.1 Å². The molecule has 84 valence electrons. The van der Waals surface area contributed by atoms with Crippen molar-refractivity contribution in [3.63, 3.8) is 0 Å². The molecule has 2 heterocycles. The molecule has 0 unspecified atom stereocenters.